The first kappa shape index (κ1) is 98.9. The van der Waals surface area contributed by atoms with Crippen molar-refractivity contribution in [2.24, 2.45) is 20.0 Å². The molecule has 4 aromatic carbocycles. The molecule has 0 saturated carbocycles. The monoisotopic (exact) mass is 1850 g/mol. The maximum atomic E-state index is 12.3. The van der Waals surface area contributed by atoms with Crippen LogP contribution in [0.1, 0.15) is 119 Å². The predicted octanol–water partition coefficient (Wildman–Crippen LogP) is -4.13. The number of carbonyl (C=O) groups excluding carboxylic acids is 3. The van der Waals surface area contributed by atoms with Gasteiger partial charge in [0.15, 0.2) is 0 Å². The molecule has 7 aliphatic rings. The molecule has 2 amide bonds. The van der Waals surface area contributed by atoms with E-state index in [9.17, 15) is 87.5 Å². The molecule has 0 radical (unpaired) electrons. The Morgan fingerprint density at radius 3 is 1.09 bits per heavy atom. The van der Waals surface area contributed by atoms with Crippen LogP contribution in [0.2, 0.25) is 38.3 Å². The van der Waals surface area contributed by atoms with Gasteiger partial charge < -0.3 is 9.57 Å². The molecule has 0 atom stereocenters. The van der Waals surface area contributed by atoms with E-state index >= 15 is 0 Å². The van der Waals surface area contributed by atoms with Crippen LogP contribution in [0.25, 0.3) is 21.5 Å². The van der Waals surface area contributed by atoms with Crippen molar-refractivity contribution in [2.45, 2.75) is 135 Å². The van der Waals surface area contributed by atoms with Crippen molar-refractivity contribution in [3.8, 4) is 0 Å². The number of quaternary nitrogens is 2. The number of hydrogen-bond acceptors (Lipinski definition) is 28. The Kier molecular flexibility index (Phi) is 31.6. The Labute approximate surface area is 773 Å². The summed E-state index contributed by atoms with van der Waals surface area (Å²) in [5.74, 6) is -2.50. The zero-order valence-corrected chi connectivity index (χ0v) is 82.5. The second kappa shape index (κ2) is 38.6. The van der Waals surface area contributed by atoms with E-state index in [4.69, 9.17) is 39.0 Å². The van der Waals surface area contributed by atoms with Crippen molar-refractivity contribution in [1.29, 1.82) is 0 Å². The van der Waals surface area contributed by atoms with E-state index in [-0.39, 0.29) is 240 Å². The molecule has 7 aliphatic heterocycles. The molecule has 644 valence electrons. The molecule has 1 spiro atoms. The molecule has 35 nitrogen and oxygen atoms in total. The Morgan fingerprint density at radius 2 is 0.727 bits per heavy atom. The number of unbranched alkanes of at least 4 members (excludes halogenated alkanes) is 5. The summed E-state index contributed by atoms with van der Waals surface area (Å²) in [5, 5.41) is 3.31. The fraction of sp³-hybridized carbons (Fsp3) is 0.533. The number of aromatic nitrogens is 2. The molecule has 1 fully saturated rings. The van der Waals surface area contributed by atoms with Crippen LogP contribution in [0.3, 0.4) is 0 Å². The molecular formula is C75H100N11Na3O24S5Si3. The molecule has 0 N–H and O–H groups in total. The van der Waals surface area contributed by atoms with Crippen LogP contribution in [-0.4, -0.2) is 282 Å². The molecule has 9 heterocycles. The topological polar surface area (TPSA) is 461 Å². The molecule has 0 unspecified atom stereocenters. The van der Waals surface area contributed by atoms with Gasteiger partial charge in [0, 0.05) is 12.8 Å². The third-order valence-corrected chi connectivity index (χ3v) is 44.0. The van der Waals surface area contributed by atoms with Crippen molar-refractivity contribution >= 4 is 149 Å². The molecule has 0 aliphatic carbocycles. The summed E-state index contributed by atoms with van der Waals surface area (Å²) in [6, 6.07) is 32.2. The van der Waals surface area contributed by atoms with E-state index in [0.717, 1.165) is 0 Å². The van der Waals surface area contributed by atoms with Gasteiger partial charge in [-0.3, -0.25) is 9.59 Å². The minimum Gasteiger partial charge on any atom is 1.00 e. The standard InChI is InChI=1S/C75H103N11O24S5Si3.3Na/c1-116(2,55-23-41-85(36-13-18-50-111(90,91)92,37-14-19-51-112(93,94)95)38-15-20-52-113(96,97)98)109-118(110-117(3,4)56-24-42-86(39-16-21-53-114(99,100)101,40-17-22-54-115(102,103)104)43-45-106-47-49-107-48-46-105-44-35-67(89)108-80-65(87)33-34-66(80)88)81-68-57-25-5-6-26-58(57)69(81)77-71-61-29-9-10-30-62(61)73(83(71)118)79-75-64-32-12-11-31-63(64)74(84(75)118)78-72-60-28-8-7-27-59(60)70(76-68)82(72)118;;;/h5-12,25-32H,13-24,33-56H2,1-4H3,(H3-2,90,91,92,93,94,95,96,97,98,99,100,101,102,103,104);;;/q;3*+1/p-3. The van der Waals surface area contributed by atoms with Crippen LogP contribution in [0.4, 0.5) is 11.6 Å². The number of amides is 2. The minimum atomic E-state index is -7.50. The van der Waals surface area contributed by atoms with Gasteiger partial charge >= 0.3 is 701 Å². The number of amidine groups is 4. The molecule has 2 aromatic heterocycles. The van der Waals surface area contributed by atoms with Gasteiger partial charge in [-0.2, -0.15) is 0 Å². The summed E-state index contributed by atoms with van der Waals surface area (Å²) in [5.41, 5.74) is 3.77. The summed E-state index contributed by atoms with van der Waals surface area (Å²) in [4.78, 5) is 64.5. The van der Waals surface area contributed by atoms with E-state index in [1.165, 1.54) is 0 Å². The van der Waals surface area contributed by atoms with Crippen LogP contribution >= 0.6 is 0 Å². The van der Waals surface area contributed by atoms with Gasteiger partial charge in [0.2, 0.25) is 0 Å². The smallest absolute Gasteiger partial charge is 1.00 e. The zero-order chi connectivity index (χ0) is 84.6. The predicted molar refractivity (Wildman–Crippen MR) is 435 cm³/mol. The summed E-state index contributed by atoms with van der Waals surface area (Å²) in [6.07, 6.45) is 1.54. The molecule has 6 aromatic rings. The minimum absolute atomic E-state index is 0. The number of carbonyl (C=O) groups is 3. The van der Waals surface area contributed by atoms with E-state index in [1.807, 2.05) is 97.1 Å². The van der Waals surface area contributed by atoms with Gasteiger partial charge in [0.25, 0.3) is 11.8 Å². The third kappa shape index (κ3) is 20.7. The summed E-state index contributed by atoms with van der Waals surface area (Å²) in [6.45, 7) is 11.3. The van der Waals surface area contributed by atoms with Crippen LogP contribution in [0.15, 0.2) is 117 Å². The molecule has 1 saturated heterocycles. The first-order chi connectivity index (χ1) is 55.7. The second-order valence-electron chi connectivity index (χ2n) is 32.9. The van der Waals surface area contributed by atoms with Gasteiger partial charge in [0.05, 0.1) is 26.2 Å². The first-order valence-corrected chi connectivity index (χ1v) is 56.7. The van der Waals surface area contributed by atoms with Gasteiger partial charge in [0.1, 0.15) is 0 Å². The van der Waals surface area contributed by atoms with Gasteiger partial charge in [-0.1, -0.05) is 0 Å². The maximum absolute atomic E-state index is 12.3. The SMILES string of the molecule is C[Si](C)(CCC[N+](CCCCS(=O)(=O)[O-])(CCCCS(=O)(=O)[O-])CCCCS(=O)(=O)[O-])O[Si-2]123(O[Si](C)(C)CCC[N+](CCCCS(=O)(=O)[O-])(CCCCS(=O)(=O)[O-])CCOCCOCCOCCC(=O)ON4C(=O)CCC4=O)n4c5c6ccccc6c4N=C4c6ccccc6C(=[N+]41)N=c1c4ccccc4c(n12)=NC1=[N+]3C(=N5)c2ccccc21.[Na+].[Na+].[Na+]. The number of benzene rings is 4. The van der Waals surface area contributed by atoms with Crippen LogP contribution < -0.4 is 99.6 Å². The zero-order valence-electron chi connectivity index (χ0n) is 69.5. The molecule has 121 heavy (non-hydrogen) atoms. The Balaban J connectivity index is 0.00000512. The Hall–Kier alpha value is -4.23. The maximum Gasteiger partial charge on any atom is 1.00 e. The van der Waals surface area contributed by atoms with Gasteiger partial charge in [-0.25, -0.2) is 4.79 Å². The van der Waals surface area contributed by atoms with Crippen LogP contribution in [0.5, 0.6) is 0 Å². The number of fused-ring (bicyclic) bond motifs is 12. The Bertz CT molecular complexity index is 5570. The van der Waals surface area contributed by atoms with Crippen molar-refractivity contribution in [2.75, 3.05) is 121 Å². The van der Waals surface area contributed by atoms with Crippen LogP contribution in [-0.2, 0) is 92.3 Å². The average molecular weight is 1850 g/mol. The molecular weight excluding hydrogens is 1750 g/mol. The largest absolute Gasteiger partial charge is 1.00 e. The van der Waals surface area contributed by atoms with E-state index in [2.05, 4.69) is 43.1 Å². The number of imide groups is 1. The Morgan fingerprint density at radius 1 is 0.413 bits per heavy atom. The number of rotatable bonds is 50. The van der Waals surface area contributed by atoms with E-state index in [1.54, 1.807) is 0 Å². The summed E-state index contributed by atoms with van der Waals surface area (Å²) >= 11 is 0. The first-order valence-electron chi connectivity index (χ1n) is 40.0. The number of hydroxylamine groups is 2. The summed E-state index contributed by atoms with van der Waals surface area (Å²) < 4.78 is 228. The molecule has 0 bridgehead atoms. The fourth-order valence-electron chi connectivity index (χ4n) is 18.7. The van der Waals surface area contributed by atoms with Crippen molar-refractivity contribution in [3.63, 3.8) is 0 Å². The summed E-state index contributed by atoms with van der Waals surface area (Å²) in [7, 11) is -38.4. The van der Waals surface area contributed by atoms with Crippen molar-refractivity contribution in [1.82, 2.24) is 13.5 Å². The molecule has 13 rings (SSSR count). The average Bonchev–Trinajstić information content (AvgIpc) is 1.45. The quantitative estimate of drug-likeness (QED) is 0.0115. The van der Waals surface area contributed by atoms with E-state index < -0.39 is 122 Å². The van der Waals surface area contributed by atoms with Gasteiger partial charge in [-0.05, 0) is 0 Å². The van der Waals surface area contributed by atoms with E-state index in [0.29, 0.717) is 152 Å². The van der Waals surface area contributed by atoms with Crippen molar-refractivity contribution < 1.29 is 213 Å². The number of ether oxygens (including phenoxy) is 3. The normalized spacial score (nSPS) is 17.2. The van der Waals surface area contributed by atoms with Crippen LogP contribution in [0, 0.1) is 0 Å². The second-order valence-corrected chi connectivity index (χ2v) is 54.8. The molecule has 46 heteroatoms. The van der Waals surface area contributed by atoms with Gasteiger partial charge in [-0.15, -0.1) is 5.06 Å². The number of hydrogen-bond donors (Lipinski definition) is 0. The fourth-order valence-corrected chi connectivity index (χ4v) is 43.7. The number of nitrogens with zero attached hydrogens (tertiary/aromatic N) is 11. The number of aliphatic imine (C=N–C) groups is 2. The third-order valence-electron chi connectivity index (χ3n) is 23.4. The van der Waals surface area contributed by atoms with Crippen molar-refractivity contribution in [3.05, 3.63) is 130 Å².